The molecule has 0 fully saturated rings. The lowest BCUT2D eigenvalue weighted by molar-refractivity contribution is 0.0544. The molecule has 0 aliphatic heterocycles. The van der Waals surface area contributed by atoms with E-state index in [9.17, 15) is 14.0 Å². The number of carbonyl (C=O) groups is 2. The summed E-state index contributed by atoms with van der Waals surface area (Å²) in [5, 5.41) is 2.45. The quantitative estimate of drug-likeness (QED) is 0.503. The Morgan fingerprint density at radius 2 is 1.79 bits per heavy atom. The number of benzene rings is 2. The van der Waals surface area contributed by atoms with Crippen molar-refractivity contribution >= 4 is 17.6 Å². The third-order valence-corrected chi connectivity index (χ3v) is 4.00. The summed E-state index contributed by atoms with van der Waals surface area (Å²) in [4.78, 5) is 34.1. The molecule has 1 amide bonds. The highest BCUT2D eigenvalue weighted by Gasteiger charge is 2.25. The van der Waals surface area contributed by atoms with Crippen molar-refractivity contribution in [2.75, 3.05) is 11.9 Å². The maximum absolute atomic E-state index is 14.0. The lowest BCUT2D eigenvalue weighted by Crippen LogP contribution is -2.22. The lowest BCUT2D eigenvalue weighted by atomic mass is 10.1. The minimum absolute atomic E-state index is 0.0274. The first-order chi connectivity index (χ1) is 14.0. The summed E-state index contributed by atoms with van der Waals surface area (Å²) >= 11 is 0. The molecular weight excluding hydrogens is 373 g/mol. The van der Waals surface area contributed by atoms with E-state index in [1.54, 1.807) is 37.3 Å². The predicted molar refractivity (Wildman–Crippen MR) is 107 cm³/mol. The van der Waals surface area contributed by atoms with Crippen LogP contribution in [0.1, 0.15) is 26.5 Å². The van der Waals surface area contributed by atoms with E-state index in [1.807, 2.05) is 6.07 Å². The Balaban J connectivity index is 2.08. The fraction of sp³-hybridized carbons (Fsp3) is 0.0909. The van der Waals surface area contributed by atoms with Crippen molar-refractivity contribution in [3.05, 3.63) is 90.0 Å². The SMILES string of the molecule is C=CCOC(=O)c1c(C)nc(-c2ccccc2)nc1C(=O)Nc1ccccc1F. The molecule has 2 aromatic carbocycles. The number of para-hydroxylation sites is 1. The maximum atomic E-state index is 14.0. The van der Waals surface area contributed by atoms with Gasteiger partial charge in [-0.05, 0) is 19.1 Å². The Morgan fingerprint density at radius 1 is 1.10 bits per heavy atom. The third kappa shape index (κ3) is 4.52. The number of nitrogens with one attached hydrogen (secondary N) is 1. The third-order valence-electron chi connectivity index (χ3n) is 4.00. The van der Waals surface area contributed by atoms with E-state index in [2.05, 4.69) is 21.9 Å². The zero-order valence-electron chi connectivity index (χ0n) is 15.7. The Kier molecular flexibility index (Phi) is 6.09. The van der Waals surface area contributed by atoms with Crippen LogP contribution in [-0.4, -0.2) is 28.5 Å². The average Bonchev–Trinajstić information content (AvgIpc) is 2.73. The molecule has 146 valence electrons. The van der Waals surface area contributed by atoms with Crippen LogP contribution in [0.3, 0.4) is 0 Å². The largest absolute Gasteiger partial charge is 0.458 e. The second kappa shape index (κ2) is 8.88. The Hall–Kier alpha value is -3.87. The van der Waals surface area contributed by atoms with E-state index in [1.165, 1.54) is 24.3 Å². The highest BCUT2D eigenvalue weighted by atomic mass is 19.1. The normalized spacial score (nSPS) is 10.3. The van der Waals surface area contributed by atoms with Crippen LogP contribution in [0.25, 0.3) is 11.4 Å². The molecule has 0 saturated carbocycles. The van der Waals surface area contributed by atoms with Crippen molar-refractivity contribution in [2.45, 2.75) is 6.92 Å². The van der Waals surface area contributed by atoms with Gasteiger partial charge in [0.15, 0.2) is 5.82 Å². The number of aromatic nitrogens is 2. The summed E-state index contributed by atoms with van der Waals surface area (Å²) in [6, 6.07) is 14.7. The Morgan fingerprint density at radius 3 is 2.48 bits per heavy atom. The standard InChI is InChI=1S/C22H18FN3O3/c1-3-13-29-22(28)18-14(2)24-20(15-9-5-4-6-10-15)26-19(18)21(27)25-17-12-8-7-11-16(17)23/h3-12H,1,13H2,2H3,(H,25,27). The van der Waals surface area contributed by atoms with Gasteiger partial charge in [-0.15, -0.1) is 0 Å². The van der Waals surface area contributed by atoms with Crippen LogP contribution in [0.2, 0.25) is 0 Å². The number of amides is 1. The van der Waals surface area contributed by atoms with Gasteiger partial charge in [-0.3, -0.25) is 4.79 Å². The van der Waals surface area contributed by atoms with Crippen molar-refractivity contribution in [3.8, 4) is 11.4 Å². The van der Waals surface area contributed by atoms with Gasteiger partial charge >= 0.3 is 5.97 Å². The van der Waals surface area contributed by atoms with Crippen LogP contribution in [0.5, 0.6) is 0 Å². The second-order valence-electron chi connectivity index (χ2n) is 6.04. The van der Waals surface area contributed by atoms with Crippen LogP contribution in [0.15, 0.2) is 67.3 Å². The topological polar surface area (TPSA) is 81.2 Å². The molecule has 0 bridgehead atoms. The fourth-order valence-electron chi connectivity index (χ4n) is 2.65. The van der Waals surface area contributed by atoms with E-state index >= 15 is 0 Å². The van der Waals surface area contributed by atoms with Crippen LogP contribution in [0, 0.1) is 12.7 Å². The average molecular weight is 391 g/mol. The van der Waals surface area contributed by atoms with E-state index < -0.39 is 17.7 Å². The fourth-order valence-corrected chi connectivity index (χ4v) is 2.65. The number of nitrogens with zero attached hydrogens (tertiary/aromatic N) is 2. The first-order valence-corrected chi connectivity index (χ1v) is 8.79. The number of halogens is 1. The van der Waals surface area contributed by atoms with Crippen LogP contribution in [0.4, 0.5) is 10.1 Å². The molecule has 0 radical (unpaired) electrons. The summed E-state index contributed by atoms with van der Waals surface area (Å²) in [6.07, 6.45) is 1.41. The maximum Gasteiger partial charge on any atom is 0.342 e. The molecule has 0 unspecified atom stereocenters. The van der Waals surface area contributed by atoms with Gasteiger partial charge in [0.1, 0.15) is 23.7 Å². The molecule has 0 aliphatic rings. The molecule has 3 rings (SSSR count). The first kappa shape index (κ1) is 19.9. The van der Waals surface area contributed by atoms with Gasteiger partial charge < -0.3 is 10.1 Å². The zero-order valence-corrected chi connectivity index (χ0v) is 15.7. The summed E-state index contributed by atoms with van der Waals surface area (Å²) < 4.78 is 19.0. The van der Waals surface area contributed by atoms with Gasteiger partial charge in [0.05, 0.1) is 11.4 Å². The van der Waals surface area contributed by atoms with Crippen molar-refractivity contribution < 1.29 is 18.7 Å². The Labute approximate surface area is 167 Å². The van der Waals surface area contributed by atoms with Crippen molar-refractivity contribution in [1.29, 1.82) is 0 Å². The van der Waals surface area contributed by atoms with E-state index in [-0.39, 0.29) is 35.1 Å². The number of hydrogen-bond donors (Lipinski definition) is 1. The van der Waals surface area contributed by atoms with Gasteiger partial charge in [0.25, 0.3) is 5.91 Å². The van der Waals surface area contributed by atoms with Crippen LogP contribution in [-0.2, 0) is 4.74 Å². The Bertz CT molecular complexity index is 1070. The zero-order chi connectivity index (χ0) is 20.8. The van der Waals surface area contributed by atoms with Crippen LogP contribution < -0.4 is 5.32 Å². The monoisotopic (exact) mass is 391 g/mol. The minimum atomic E-state index is -0.763. The van der Waals surface area contributed by atoms with E-state index in [0.717, 1.165) is 0 Å². The first-order valence-electron chi connectivity index (χ1n) is 8.79. The number of ether oxygens (including phenoxy) is 1. The van der Waals surface area contributed by atoms with Gasteiger partial charge in [0.2, 0.25) is 0 Å². The van der Waals surface area contributed by atoms with Crippen molar-refractivity contribution in [1.82, 2.24) is 9.97 Å². The summed E-state index contributed by atoms with van der Waals surface area (Å²) in [6.45, 7) is 5.04. The molecule has 1 heterocycles. The minimum Gasteiger partial charge on any atom is -0.458 e. The summed E-state index contributed by atoms with van der Waals surface area (Å²) in [7, 11) is 0. The number of hydrogen-bond acceptors (Lipinski definition) is 5. The molecule has 0 saturated heterocycles. The lowest BCUT2D eigenvalue weighted by Gasteiger charge is -2.13. The predicted octanol–water partition coefficient (Wildman–Crippen LogP) is 4.19. The molecule has 0 atom stereocenters. The van der Waals surface area contributed by atoms with Gasteiger partial charge in [0, 0.05) is 5.56 Å². The van der Waals surface area contributed by atoms with Gasteiger partial charge in [-0.25, -0.2) is 19.2 Å². The molecule has 1 N–H and O–H groups in total. The number of carbonyl (C=O) groups excluding carboxylic acids is 2. The summed E-state index contributed by atoms with van der Waals surface area (Å²) in [5.74, 6) is -1.85. The van der Waals surface area contributed by atoms with Gasteiger partial charge in [-0.2, -0.15) is 0 Å². The molecule has 6 nitrogen and oxygen atoms in total. The molecule has 1 aromatic heterocycles. The highest BCUT2D eigenvalue weighted by Crippen LogP contribution is 2.22. The number of aryl methyl sites for hydroxylation is 1. The van der Waals surface area contributed by atoms with Crippen LogP contribution >= 0.6 is 0 Å². The smallest absolute Gasteiger partial charge is 0.342 e. The molecule has 0 spiro atoms. The molecule has 7 heteroatoms. The molecule has 0 aliphatic carbocycles. The number of rotatable bonds is 6. The summed E-state index contributed by atoms with van der Waals surface area (Å²) in [5.41, 5.74) is 0.627. The van der Waals surface area contributed by atoms with Crippen molar-refractivity contribution in [3.63, 3.8) is 0 Å². The molecular formula is C22H18FN3O3. The van der Waals surface area contributed by atoms with Gasteiger partial charge in [-0.1, -0.05) is 55.1 Å². The number of anilines is 1. The number of esters is 1. The molecule has 29 heavy (non-hydrogen) atoms. The molecule has 3 aromatic rings. The van der Waals surface area contributed by atoms with Crippen molar-refractivity contribution in [2.24, 2.45) is 0 Å². The van der Waals surface area contributed by atoms with E-state index in [0.29, 0.717) is 5.56 Å². The van der Waals surface area contributed by atoms with E-state index in [4.69, 9.17) is 4.74 Å². The second-order valence-corrected chi connectivity index (χ2v) is 6.04. The highest BCUT2D eigenvalue weighted by molar-refractivity contribution is 6.10.